The summed E-state index contributed by atoms with van der Waals surface area (Å²) in [6, 6.07) is 15.5. The predicted molar refractivity (Wildman–Crippen MR) is 102 cm³/mol. The topological polar surface area (TPSA) is 15.7 Å². The minimum absolute atomic E-state index is 0.648. The molecule has 0 aromatic heterocycles. The van der Waals surface area contributed by atoms with Gasteiger partial charge in [0.25, 0.3) is 0 Å². The van der Waals surface area contributed by atoms with Crippen LogP contribution in [0.2, 0.25) is 5.02 Å². The molecule has 25 heavy (non-hydrogen) atoms. The Morgan fingerprint density at radius 1 is 1.00 bits per heavy atom. The molecule has 2 atom stereocenters. The number of para-hydroxylation sites is 1. The van der Waals surface area contributed by atoms with Crippen molar-refractivity contribution in [2.24, 2.45) is 0 Å². The van der Waals surface area contributed by atoms with Gasteiger partial charge in [0.15, 0.2) is 0 Å². The Morgan fingerprint density at radius 3 is 2.56 bits per heavy atom. The molecule has 2 bridgehead atoms. The Hall–Kier alpha value is -1.97. The summed E-state index contributed by atoms with van der Waals surface area (Å²) in [5.41, 5.74) is 3.46. The van der Waals surface area contributed by atoms with Crippen molar-refractivity contribution in [3.8, 4) is 11.5 Å². The van der Waals surface area contributed by atoms with Crippen LogP contribution in [0.4, 0.5) is 0 Å². The number of fused-ring (bicyclic) bond motifs is 4. The van der Waals surface area contributed by atoms with Gasteiger partial charge < -0.3 is 9.64 Å². The smallest absolute Gasteiger partial charge is 0.136 e. The lowest BCUT2D eigenvalue weighted by Crippen LogP contribution is -2.50. The summed E-state index contributed by atoms with van der Waals surface area (Å²) in [6.45, 7) is 2.14. The van der Waals surface area contributed by atoms with E-state index < -0.39 is 0 Å². The Labute approximate surface area is 153 Å². The maximum Gasteiger partial charge on any atom is 0.136 e. The first-order valence-electron chi connectivity index (χ1n) is 8.94. The fourth-order valence-electron chi connectivity index (χ4n) is 4.41. The molecule has 2 aromatic rings. The van der Waals surface area contributed by atoms with Crippen LogP contribution in [0.3, 0.4) is 0 Å². The van der Waals surface area contributed by atoms with E-state index in [9.17, 15) is 0 Å². The van der Waals surface area contributed by atoms with Crippen molar-refractivity contribution in [3.63, 3.8) is 0 Å². The first-order valence-corrected chi connectivity index (χ1v) is 9.32. The number of piperazine rings is 1. The van der Waals surface area contributed by atoms with Crippen molar-refractivity contribution in [3.05, 3.63) is 58.6 Å². The monoisotopic (exact) mass is 352 g/mol. The van der Waals surface area contributed by atoms with E-state index in [0.717, 1.165) is 35.2 Å². The van der Waals surface area contributed by atoms with Crippen molar-refractivity contribution in [2.75, 3.05) is 20.1 Å². The highest BCUT2D eigenvalue weighted by atomic mass is 35.5. The molecule has 128 valence electrons. The molecule has 3 heterocycles. The maximum atomic E-state index is 6.25. The Balaban J connectivity index is 1.63. The van der Waals surface area contributed by atoms with Crippen LogP contribution >= 0.6 is 11.6 Å². The molecule has 2 unspecified atom stereocenters. The average molecular weight is 353 g/mol. The highest BCUT2D eigenvalue weighted by Crippen LogP contribution is 2.42. The lowest BCUT2D eigenvalue weighted by atomic mass is 10.0. The average Bonchev–Trinajstić information content (AvgIpc) is 2.81. The van der Waals surface area contributed by atoms with Gasteiger partial charge in [0.05, 0.1) is 0 Å². The van der Waals surface area contributed by atoms with Gasteiger partial charge in [-0.05, 0) is 56.3 Å². The Kier molecular flexibility index (Phi) is 3.54. The van der Waals surface area contributed by atoms with Crippen molar-refractivity contribution in [2.45, 2.75) is 24.9 Å². The van der Waals surface area contributed by atoms with Gasteiger partial charge in [0, 0.05) is 47.0 Å². The molecule has 3 aliphatic rings. The van der Waals surface area contributed by atoms with Crippen molar-refractivity contribution in [1.82, 2.24) is 9.80 Å². The van der Waals surface area contributed by atoms with E-state index in [4.69, 9.17) is 16.3 Å². The lowest BCUT2D eigenvalue weighted by Gasteiger charge is -2.41. The van der Waals surface area contributed by atoms with Crippen LogP contribution in [-0.4, -0.2) is 42.0 Å². The normalized spacial score (nSPS) is 24.9. The van der Waals surface area contributed by atoms with Crippen LogP contribution in [0.5, 0.6) is 11.5 Å². The number of rotatable bonds is 1. The molecule has 3 aliphatic heterocycles. The van der Waals surface area contributed by atoms with Gasteiger partial charge >= 0.3 is 0 Å². The van der Waals surface area contributed by atoms with Crippen LogP contribution < -0.4 is 4.74 Å². The highest BCUT2D eigenvalue weighted by molar-refractivity contribution is 6.30. The molecule has 2 saturated heterocycles. The van der Waals surface area contributed by atoms with Crippen LogP contribution in [0.25, 0.3) is 11.8 Å². The molecule has 2 fully saturated rings. The third-order valence-electron chi connectivity index (χ3n) is 5.83. The summed E-state index contributed by atoms with van der Waals surface area (Å²) in [4.78, 5) is 5.10. The molecule has 0 radical (unpaired) electrons. The number of likely N-dealkylation sites (tertiary alicyclic amines) is 1. The zero-order chi connectivity index (χ0) is 17.0. The SMILES string of the molecule is CN1C2CCC1CN(C1=Cc3cc(Cl)ccc3Oc3ccccc31)C2. The van der Waals surface area contributed by atoms with Crippen molar-refractivity contribution < 1.29 is 4.74 Å². The molecule has 0 spiro atoms. The van der Waals surface area contributed by atoms with Crippen LogP contribution in [0.15, 0.2) is 42.5 Å². The van der Waals surface area contributed by atoms with Crippen LogP contribution in [0, 0.1) is 0 Å². The molecule has 2 aromatic carbocycles. The molecule has 0 N–H and O–H groups in total. The zero-order valence-corrected chi connectivity index (χ0v) is 15.0. The number of ether oxygens (including phenoxy) is 1. The number of nitrogens with zero attached hydrogens (tertiary/aromatic N) is 2. The third kappa shape index (κ3) is 2.54. The largest absolute Gasteiger partial charge is 0.456 e. The second-order valence-corrected chi connectivity index (χ2v) is 7.70. The van der Waals surface area contributed by atoms with Gasteiger partial charge in [-0.1, -0.05) is 23.7 Å². The van der Waals surface area contributed by atoms with E-state index >= 15 is 0 Å². The minimum atomic E-state index is 0.648. The number of halogens is 1. The maximum absolute atomic E-state index is 6.25. The third-order valence-corrected chi connectivity index (χ3v) is 6.07. The van der Waals surface area contributed by atoms with Crippen LogP contribution in [0.1, 0.15) is 24.0 Å². The van der Waals surface area contributed by atoms with Gasteiger partial charge in [0.1, 0.15) is 11.5 Å². The second kappa shape index (κ2) is 5.79. The van der Waals surface area contributed by atoms with E-state index in [1.807, 2.05) is 24.3 Å². The molecule has 0 aliphatic carbocycles. The summed E-state index contributed by atoms with van der Waals surface area (Å²) in [6.07, 6.45) is 4.84. The van der Waals surface area contributed by atoms with Crippen molar-refractivity contribution in [1.29, 1.82) is 0 Å². The van der Waals surface area contributed by atoms with Gasteiger partial charge in [-0.3, -0.25) is 4.90 Å². The standard InChI is InChI=1S/C21H21ClN2O/c1-23-16-7-8-17(23)13-24(12-16)19-11-14-10-15(22)6-9-20(14)25-21-5-3-2-4-18(19)21/h2-6,9-11,16-17H,7-8,12-13H2,1H3. The van der Waals surface area contributed by atoms with Gasteiger partial charge in [-0.2, -0.15) is 0 Å². The number of likely N-dealkylation sites (N-methyl/N-ethyl adjacent to an activating group) is 1. The molecule has 4 heteroatoms. The molecular formula is C21H21ClN2O. The molecule has 5 rings (SSSR count). The predicted octanol–water partition coefficient (Wildman–Crippen LogP) is 4.72. The Morgan fingerprint density at radius 2 is 1.76 bits per heavy atom. The summed E-state index contributed by atoms with van der Waals surface area (Å²) >= 11 is 6.25. The fourth-order valence-corrected chi connectivity index (χ4v) is 4.59. The first-order chi connectivity index (χ1) is 12.2. The summed E-state index contributed by atoms with van der Waals surface area (Å²) in [7, 11) is 2.27. The van der Waals surface area contributed by atoms with E-state index in [1.54, 1.807) is 0 Å². The number of benzene rings is 2. The Bertz CT molecular complexity index is 849. The minimum Gasteiger partial charge on any atom is -0.456 e. The fraction of sp³-hybridized carbons (Fsp3) is 0.333. The van der Waals surface area contributed by atoms with E-state index in [0.29, 0.717) is 12.1 Å². The second-order valence-electron chi connectivity index (χ2n) is 7.27. The molecule has 0 amide bonds. The molecular weight excluding hydrogens is 332 g/mol. The summed E-state index contributed by atoms with van der Waals surface area (Å²) in [5.74, 6) is 1.78. The summed E-state index contributed by atoms with van der Waals surface area (Å²) < 4.78 is 6.22. The summed E-state index contributed by atoms with van der Waals surface area (Å²) in [5, 5.41) is 0.738. The molecule has 3 nitrogen and oxygen atoms in total. The van der Waals surface area contributed by atoms with Crippen molar-refractivity contribution >= 4 is 23.4 Å². The van der Waals surface area contributed by atoms with Gasteiger partial charge in [0.2, 0.25) is 0 Å². The molecule has 0 saturated carbocycles. The van der Waals surface area contributed by atoms with Gasteiger partial charge in [-0.15, -0.1) is 0 Å². The number of hydrogen-bond donors (Lipinski definition) is 0. The number of hydrogen-bond acceptors (Lipinski definition) is 3. The lowest BCUT2D eigenvalue weighted by molar-refractivity contribution is 0.128. The van der Waals surface area contributed by atoms with Crippen LogP contribution in [-0.2, 0) is 0 Å². The van der Waals surface area contributed by atoms with E-state index in [-0.39, 0.29) is 0 Å². The quantitative estimate of drug-likeness (QED) is 0.738. The first kappa shape index (κ1) is 15.3. The zero-order valence-electron chi connectivity index (χ0n) is 14.3. The highest BCUT2D eigenvalue weighted by Gasteiger charge is 2.38. The van der Waals surface area contributed by atoms with Gasteiger partial charge in [-0.25, -0.2) is 0 Å². The van der Waals surface area contributed by atoms with E-state index in [1.165, 1.54) is 24.1 Å². The van der Waals surface area contributed by atoms with E-state index in [2.05, 4.69) is 41.1 Å².